The minimum absolute atomic E-state index is 0.0254. The predicted octanol–water partition coefficient (Wildman–Crippen LogP) is 2.11. The van der Waals surface area contributed by atoms with E-state index in [2.05, 4.69) is 0 Å². The molecule has 2 aliphatic rings. The van der Waals surface area contributed by atoms with Gasteiger partial charge in [0.1, 0.15) is 0 Å². The van der Waals surface area contributed by atoms with Crippen LogP contribution < -0.4 is 0 Å². The van der Waals surface area contributed by atoms with Gasteiger partial charge in [-0.3, -0.25) is 9.59 Å². The van der Waals surface area contributed by atoms with Gasteiger partial charge in [0, 0.05) is 25.6 Å². The maximum atomic E-state index is 12.7. The Kier molecular flexibility index (Phi) is 5.74. The quantitative estimate of drug-likeness (QED) is 0.913. The standard InChI is InChI=1S/C20H28N2O3/c1-15-7-9-16(10-8-15)11-21-12-18(23)13-22(14-19(21)24)20(25)17-5-3-2-4-6-17/h7-10,17-18,23H,2-6,11-14H2,1H3. The van der Waals surface area contributed by atoms with Crippen molar-refractivity contribution in [1.29, 1.82) is 0 Å². The van der Waals surface area contributed by atoms with Crippen molar-refractivity contribution in [3.05, 3.63) is 35.4 Å². The summed E-state index contributed by atoms with van der Waals surface area (Å²) in [6, 6.07) is 8.05. The molecule has 1 aliphatic carbocycles. The minimum Gasteiger partial charge on any atom is -0.389 e. The SMILES string of the molecule is Cc1ccc(CN2CC(O)CN(C(=O)C3CCCCC3)CC2=O)cc1. The van der Waals surface area contributed by atoms with Crippen LogP contribution in [0.4, 0.5) is 0 Å². The summed E-state index contributed by atoms with van der Waals surface area (Å²) in [7, 11) is 0. The molecule has 136 valence electrons. The third-order valence-electron chi connectivity index (χ3n) is 5.30. The van der Waals surface area contributed by atoms with Crippen LogP contribution in [0, 0.1) is 12.8 Å². The number of rotatable bonds is 3. The first kappa shape index (κ1) is 17.9. The number of β-amino-alcohol motifs (C(OH)–C–C–N with tert-alkyl or cyclic N) is 1. The Bertz CT molecular complexity index is 608. The molecule has 1 saturated heterocycles. The maximum absolute atomic E-state index is 12.7. The number of carbonyl (C=O) groups excluding carboxylic acids is 2. The Balaban J connectivity index is 1.66. The lowest BCUT2D eigenvalue weighted by Crippen LogP contribution is -2.43. The second-order valence-corrected chi connectivity index (χ2v) is 7.47. The van der Waals surface area contributed by atoms with E-state index >= 15 is 0 Å². The first-order valence-corrected chi connectivity index (χ1v) is 9.33. The van der Waals surface area contributed by atoms with Crippen molar-refractivity contribution >= 4 is 11.8 Å². The van der Waals surface area contributed by atoms with Crippen LogP contribution in [0.25, 0.3) is 0 Å². The number of aliphatic hydroxyl groups is 1. The maximum Gasteiger partial charge on any atom is 0.242 e. The van der Waals surface area contributed by atoms with E-state index in [-0.39, 0.29) is 37.4 Å². The molecule has 1 aliphatic heterocycles. The molecule has 25 heavy (non-hydrogen) atoms. The van der Waals surface area contributed by atoms with Gasteiger partial charge in [0.25, 0.3) is 0 Å². The molecular weight excluding hydrogens is 316 g/mol. The summed E-state index contributed by atoms with van der Waals surface area (Å²) in [5.41, 5.74) is 2.22. The fraction of sp³-hybridized carbons (Fsp3) is 0.600. The summed E-state index contributed by atoms with van der Waals surface area (Å²) in [5, 5.41) is 10.3. The summed E-state index contributed by atoms with van der Waals surface area (Å²) in [6.07, 6.45) is 4.49. The van der Waals surface area contributed by atoms with Crippen molar-refractivity contribution in [3.8, 4) is 0 Å². The third kappa shape index (κ3) is 4.60. The topological polar surface area (TPSA) is 60.9 Å². The molecule has 1 atom stereocenters. The van der Waals surface area contributed by atoms with Gasteiger partial charge in [0.05, 0.1) is 12.6 Å². The molecule has 1 aromatic carbocycles. The first-order valence-electron chi connectivity index (χ1n) is 9.33. The summed E-state index contributed by atoms with van der Waals surface area (Å²) in [6.45, 7) is 3.12. The van der Waals surface area contributed by atoms with Gasteiger partial charge in [0.2, 0.25) is 11.8 Å². The summed E-state index contributed by atoms with van der Waals surface area (Å²) < 4.78 is 0. The number of hydrogen-bond donors (Lipinski definition) is 1. The third-order valence-corrected chi connectivity index (χ3v) is 5.30. The molecule has 1 N–H and O–H groups in total. The lowest BCUT2D eigenvalue weighted by molar-refractivity contribution is -0.142. The van der Waals surface area contributed by atoms with Crippen molar-refractivity contribution < 1.29 is 14.7 Å². The Morgan fingerprint density at radius 1 is 1.12 bits per heavy atom. The normalized spacial score (nSPS) is 22.8. The molecule has 5 nitrogen and oxygen atoms in total. The second-order valence-electron chi connectivity index (χ2n) is 7.47. The monoisotopic (exact) mass is 344 g/mol. The number of aliphatic hydroxyl groups excluding tert-OH is 1. The van der Waals surface area contributed by atoms with Crippen molar-refractivity contribution in [1.82, 2.24) is 9.80 Å². The molecule has 0 bridgehead atoms. The Morgan fingerprint density at radius 3 is 2.48 bits per heavy atom. The fourth-order valence-electron chi connectivity index (χ4n) is 3.84. The zero-order valence-electron chi connectivity index (χ0n) is 15.0. The smallest absolute Gasteiger partial charge is 0.242 e. The van der Waals surface area contributed by atoms with Crippen LogP contribution in [-0.2, 0) is 16.1 Å². The molecule has 0 radical (unpaired) electrons. The largest absolute Gasteiger partial charge is 0.389 e. The minimum atomic E-state index is -0.690. The van der Waals surface area contributed by atoms with Gasteiger partial charge in [-0.15, -0.1) is 0 Å². The number of aryl methyl sites for hydroxylation is 1. The molecule has 1 aromatic rings. The van der Waals surface area contributed by atoms with Gasteiger partial charge in [-0.05, 0) is 25.3 Å². The molecule has 0 aromatic heterocycles. The zero-order chi connectivity index (χ0) is 17.8. The fourth-order valence-corrected chi connectivity index (χ4v) is 3.84. The van der Waals surface area contributed by atoms with Gasteiger partial charge in [-0.2, -0.15) is 0 Å². The van der Waals surface area contributed by atoms with Crippen molar-refractivity contribution in [2.24, 2.45) is 5.92 Å². The number of carbonyl (C=O) groups is 2. The van der Waals surface area contributed by atoms with E-state index in [1.54, 1.807) is 9.80 Å². The average Bonchev–Trinajstić information content (AvgIpc) is 2.75. The highest BCUT2D eigenvalue weighted by molar-refractivity contribution is 5.86. The van der Waals surface area contributed by atoms with Crippen molar-refractivity contribution in [2.75, 3.05) is 19.6 Å². The zero-order valence-corrected chi connectivity index (χ0v) is 15.0. The van der Waals surface area contributed by atoms with Crippen molar-refractivity contribution in [2.45, 2.75) is 51.7 Å². The highest BCUT2D eigenvalue weighted by Crippen LogP contribution is 2.26. The average molecular weight is 344 g/mol. The van der Waals surface area contributed by atoms with E-state index in [1.165, 1.54) is 12.0 Å². The molecule has 2 amide bonds. The van der Waals surface area contributed by atoms with Crippen LogP contribution in [-0.4, -0.2) is 52.5 Å². The Hall–Kier alpha value is -1.88. The Morgan fingerprint density at radius 2 is 1.80 bits per heavy atom. The first-order chi connectivity index (χ1) is 12.0. The summed E-state index contributed by atoms with van der Waals surface area (Å²) in [5.74, 6) is -0.0111. The Labute approximate surface area is 149 Å². The van der Waals surface area contributed by atoms with Crippen LogP contribution in [0.5, 0.6) is 0 Å². The molecule has 0 spiro atoms. The lowest BCUT2D eigenvalue weighted by atomic mass is 9.88. The summed E-state index contributed by atoms with van der Waals surface area (Å²) in [4.78, 5) is 28.6. The van der Waals surface area contributed by atoms with Crippen molar-refractivity contribution in [3.63, 3.8) is 0 Å². The van der Waals surface area contributed by atoms with Gasteiger partial charge in [-0.25, -0.2) is 0 Å². The van der Waals surface area contributed by atoms with Crippen LogP contribution in [0.15, 0.2) is 24.3 Å². The number of benzene rings is 1. The van der Waals surface area contributed by atoms with Crippen LogP contribution in [0.3, 0.4) is 0 Å². The predicted molar refractivity (Wildman–Crippen MR) is 95.8 cm³/mol. The molecule has 3 rings (SSSR count). The summed E-state index contributed by atoms with van der Waals surface area (Å²) >= 11 is 0. The van der Waals surface area contributed by atoms with E-state index in [9.17, 15) is 14.7 Å². The van der Waals surface area contributed by atoms with Gasteiger partial charge in [-0.1, -0.05) is 49.1 Å². The van der Waals surface area contributed by atoms with E-state index in [4.69, 9.17) is 0 Å². The van der Waals surface area contributed by atoms with Gasteiger partial charge < -0.3 is 14.9 Å². The molecule has 5 heteroatoms. The highest BCUT2D eigenvalue weighted by Gasteiger charge is 2.33. The number of hydrogen-bond acceptors (Lipinski definition) is 3. The van der Waals surface area contributed by atoms with E-state index < -0.39 is 6.10 Å². The second kappa shape index (κ2) is 8.00. The van der Waals surface area contributed by atoms with Gasteiger partial charge >= 0.3 is 0 Å². The van der Waals surface area contributed by atoms with E-state index in [1.807, 2.05) is 31.2 Å². The van der Waals surface area contributed by atoms with E-state index in [0.29, 0.717) is 6.54 Å². The van der Waals surface area contributed by atoms with Gasteiger partial charge in [0.15, 0.2) is 0 Å². The van der Waals surface area contributed by atoms with E-state index in [0.717, 1.165) is 31.2 Å². The van der Waals surface area contributed by atoms with Crippen LogP contribution in [0.1, 0.15) is 43.2 Å². The van der Waals surface area contributed by atoms with Crippen LogP contribution in [0.2, 0.25) is 0 Å². The highest BCUT2D eigenvalue weighted by atomic mass is 16.3. The number of nitrogens with zero attached hydrogens (tertiary/aromatic N) is 2. The number of amides is 2. The molecule has 2 fully saturated rings. The molecular formula is C20H28N2O3. The molecule has 1 unspecified atom stereocenters. The molecule has 1 heterocycles. The van der Waals surface area contributed by atoms with Crippen LogP contribution >= 0.6 is 0 Å². The molecule has 1 saturated carbocycles. The lowest BCUT2D eigenvalue weighted by Gasteiger charge is -2.28.